The first-order chi connectivity index (χ1) is 11.7. The lowest BCUT2D eigenvalue weighted by Gasteiger charge is -2.11. The van der Waals surface area contributed by atoms with Crippen molar-refractivity contribution < 1.29 is 9.53 Å². The lowest BCUT2D eigenvalue weighted by Crippen LogP contribution is -2.39. The molecule has 1 fully saturated rings. The fourth-order valence-corrected chi connectivity index (χ4v) is 2.80. The van der Waals surface area contributed by atoms with Gasteiger partial charge in [-0.2, -0.15) is 0 Å². The van der Waals surface area contributed by atoms with Crippen molar-refractivity contribution in [2.75, 3.05) is 11.9 Å². The van der Waals surface area contributed by atoms with Crippen molar-refractivity contribution in [3.05, 3.63) is 59.1 Å². The molecule has 1 aliphatic rings. The largest absolute Gasteiger partial charge is 0.494 e. The third kappa shape index (κ3) is 4.06. The Balaban J connectivity index is 1.58. The van der Waals surface area contributed by atoms with Gasteiger partial charge in [0, 0.05) is 16.8 Å². The molecular weight excluding hydrogens is 326 g/mol. The molecule has 0 saturated carbocycles. The number of carbonyl (C=O) groups excluding carboxylic acids is 1. The summed E-state index contributed by atoms with van der Waals surface area (Å²) in [4.78, 5) is 12.3. The summed E-state index contributed by atoms with van der Waals surface area (Å²) in [6, 6.07) is 14.8. The summed E-state index contributed by atoms with van der Waals surface area (Å²) in [5.41, 5.74) is 8.08. The highest BCUT2D eigenvalue weighted by molar-refractivity contribution is 6.30. The monoisotopic (exact) mass is 345 g/mol. The molecule has 0 aromatic heterocycles. The van der Waals surface area contributed by atoms with Gasteiger partial charge in [0.2, 0.25) is 5.91 Å². The lowest BCUT2D eigenvalue weighted by molar-refractivity contribution is -0.117. The van der Waals surface area contributed by atoms with Gasteiger partial charge >= 0.3 is 0 Å². The first-order valence-corrected chi connectivity index (χ1v) is 8.33. The van der Waals surface area contributed by atoms with E-state index in [-0.39, 0.29) is 18.0 Å². The van der Waals surface area contributed by atoms with Crippen molar-refractivity contribution in [3.8, 4) is 5.75 Å². The molecule has 6 heteroatoms. The Hall–Kier alpha value is -2.08. The van der Waals surface area contributed by atoms with Gasteiger partial charge in [-0.1, -0.05) is 23.7 Å². The number of halogens is 1. The fraction of sp³-hybridized carbons (Fsp3) is 0.278. The normalized spacial score (nSPS) is 19.9. The number of ether oxygens (including phenoxy) is 1. The number of hydrogen-bond acceptors (Lipinski definition) is 4. The first-order valence-electron chi connectivity index (χ1n) is 7.96. The zero-order valence-electron chi connectivity index (χ0n) is 13.4. The van der Waals surface area contributed by atoms with Gasteiger partial charge in [0.1, 0.15) is 11.8 Å². The van der Waals surface area contributed by atoms with Crippen molar-refractivity contribution in [3.63, 3.8) is 0 Å². The molecule has 2 atom stereocenters. The fourth-order valence-electron chi connectivity index (χ4n) is 2.67. The number of rotatable bonds is 5. The number of hydrogen-bond donors (Lipinski definition) is 3. The number of nitrogens with one attached hydrogen (secondary N) is 3. The molecule has 1 aliphatic heterocycles. The summed E-state index contributed by atoms with van der Waals surface area (Å²) in [6.45, 7) is 2.61. The highest BCUT2D eigenvalue weighted by atomic mass is 35.5. The topological polar surface area (TPSA) is 62.4 Å². The minimum atomic E-state index is -0.294. The van der Waals surface area contributed by atoms with Crippen molar-refractivity contribution in [1.82, 2.24) is 10.9 Å². The average Bonchev–Trinajstić information content (AvgIpc) is 3.08. The minimum Gasteiger partial charge on any atom is -0.494 e. The summed E-state index contributed by atoms with van der Waals surface area (Å²) >= 11 is 5.85. The van der Waals surface area contributed by atoms with Crippen LogP contribution in [0.2, 0.25) is 5.02 Å². The average molecular weight is 346 g/mol. The molecule has 24 heavy (non-hydrogen) atoms. The van der Waals surface area contributed by atoms with E-state index in [0.717, 1.165) is 17.0 Å². The molecule has 1 saturated heterocycles. The predicted octanol–water partition coefficient (Wildman–Crippen LogP) is 3.29. The van der Waals surface area contributed by atoms with Gasteiger partial charge in [-0.15, -0.1) is 0 Å². The summed E-state index contributed by atoms with van der Waals surface area (Å²) in [5.74, 6) is 0.780. The van der Waals surface area contributed by atoms with E-state index in [9.17, 15) is 4.79 Å². The molecule has 3 rings (SSSR count). The van der Waals surface area contributed by atoms with Crippen LogP contribution in [0.5, 0.6) is 5.75 Å². The van der Waals surface area contributed by atoms with Crippen LogP contribution in [0.4, 0.5) is 5.69 Å². The van der Waals surface area contributed by atoms with Crippen LogP contribution in [0.25, 0.3) is 0 Å². The zero-order valence-corrected chi connectivity index (χ0v) is 14.1. The van der Waals surface area contributed by atoms with Crippen molar-refractivity contribution in [1.29, 1.82) is 0 Å². The van der Waals surface area contributed by atoms with Crippen LogP contribution in [0.3, 0.4) is 0 Å². The molecule has 0 spiro atoms. The molecule has 126 valence electrons. The third-order valence-corrected chi connectivity index (χ3v) is 4.18. The van der Waals surface area contributed by atoms with Gasteiger partial charge in [-0.25, -0.2) is 10.9 Å². The standard InChI is InChI=1S/C18H20ClN3O2/c1-2-24-15-9-3-12(4-10-15)16-11-17(22-21-16)18(23)20-14-7-5-13(19)6-8-14/h3-10,16-17,21-22H,2,11H2,1H3,(H,20,23). The van der Waals surface area contributed by atoms with E-state index in [2.05, 4.69) is 16.2 Å². The van der Waals surface area contributed by atoms with E-state index < -0.39 is 0 Å². The molecule has 3 N–H and O–H groups in total. The molecule has 1 amide bonds. The second-order valence-corrected chi connectivity index (χ2v) is 6.06. The van der Waals surface area contributed by atoms with Crippen molar-refractivity contribution >= 4 is 23.2 Å². The van der Waals surface area contributed by atoms with Crippen LogP contribution in [-0.4, -0.2) is 18.6 Å². The van der Waals surface area contributed by atoms with Crippen LogP contribution in [0.15, 0.2) is 48.5 Å². The second kappa shape index (κ2) is 7.66. The Bertz CT molecular complexity index is 688. The van der Waals surface area contributed by atoms with Crippen LogP contribution in [-0.2, 0) is 4.79 Å². The Morgan fingerprint density at radius 3 is 2.54 bits per heavy atom. The first kappa shape index (κ1) is 16.8. The molecule has 0 radical (unpaired) electrons. The Kier molecular flexibility index (Phi) is 5.35. The summed E-state index contributed by atoms with van der Waals surface area (Å²) in [7, 11) is 0. The molecule has 0 aliphatic carbocycles. The minimum absolute atomic E-state index is 0.0711. The summed E-state index contributed by atoms with van der Waals surface area (Å²) in [6.07, 6.45) is 0.674. The summed E-state index contributed by atoms with van der Waals surface area (Å²) < 4.78 is 5.45. The molecule has 2 aromatic carbocycles. The third-order valence-electron chi connectivity index (χ3n) is 3.92. The van der Waals surface area contributed by atoms with Gasteiger partial charge in [0.15, 0.2) is 0 Å². The maximum Gasteiger partial charge on any atom is 0.242 e. The SMILES string of the molecule is CCOc1ccc(C2CC(C(=O)Nc3ccc(Cl)cc3)NN2)cc1. The van der Waals surface area contributed by atoms with Gasteiger partial charge in [-0.05, 0) is 55.3 Å². The van der Waals surface area contributed by atoms with Gasteiger partial charge in [-0.3, -0.25) is 4.79 Å². The van der Waals surface area contributed by atoms with Gasteiger partial charge in [0.05, 0.1) is 6.61 Å². The highest BCUT2D eigenvalue weighted by Crippen LogP contribution is 2.25. The highest BCUT2D eigenvalue weighted by Gasteiger charge is 2.30. The van der Waals surface area contributed by atoms with Gasteiger partial charge < -0.3 is 10.1 Å². The van der Waals surface area contributed by atoms with Crippen LogP contribution in [0, 0.1) is 0 Å². The molecule has 2 unspecified atom stereocenters. The Labute approximate surface area is 146 Å². The Morgan fingerprint density at radius 2 is 1.88 bits per heavy atom. The van der Waals surface area contributed by atoms with Crippen LogP contribution in [0.1, 0.15) is 24.9 Å². The molecular formula is C18H20ClN3O2. The van der Waals surface area contributed by atoms with Gasteiger partial charge in [0.25, 0.3) is 0 Å². The van der Waals surface area contributed by atoms with Crippen LogP contribution >= 0.6 is 11.6 Å². The molecule has 0 bridgehead atoms. The number of hydrazine groups is 1. The lowest BCUT2D eigenvalue weighted by atomic mass is 10.0. The predicted molar refractivity (Wildman–Crippen MR) is 95.1 cm³/mol. The smallest absolute Gasteiger partial charge is 0.242 e. The number of benzene rings is 2. The number of carbonyl (C=O) groups is 1. The number of anilines is 1. The maximum absolute atomic E-state index is 12.3. The maximum atomic E-state index is 12.3. The van der Waals surface area contributed by atoms with Crippen molar-refractivity contribution in [2.45, 2.75) is 25.4 Å². The molecule has 2 aromatic rings. The molecule has 5 nitrogen and oxygen atoms in total. The molecule has 1 heterocycles. The second-order valence-electron chi connectivity index (χ2n) is 5.63. The van der Waals surface area contributed by atoms with E-state index in [1.54, 1.807) is 24.3 Å². The van der Waals surface area contributed by atoms with E-state index in [1.807, 2.05) is 31.2 Å². The Morgan fingerprint density at radius 1 is 1.17 bits per heavy atom. The van der Waals surface area contributed by atoms with Crippen molar-refractivity contribution in [2.24, 2.45) is 0 Å². The zero-order chi connectivity index (χ0) is 16.9. The number of amides is 1. The van der Waals surface area contributed by atoms with E-state index in [4.69, 9.17) is 16.3 Å². The van der Waals surface area contributed by atoms with E-state index in [1.165, 1.54) is 0 Å². The summed E-state index contributed by atoms with van der Waals surface area (Å²) in [5, 5.41) is 3.53. The van der Waals surface area contributed by atoms with E-state index in [0.29, 0.717) is 18.1 Å². The van der Waals surface area contributed by atoms with E-state index >= 15 is 0 Å². The quantitative estimate of drug-likeness (QED) is 0.778. The van der Waals surface area contributed by atoms with Crippen LogP contribution < -0.4 is 20.9 Å².